The highest BCUT2D eigenvalue weighted by Crippen LogP contribution is 2.45. The van der Waals surface area contributed by atoms with Crippen molar-refractivity contribution in [3.05, 3.63) is 114 Å². The molecule has 1 aliphatic heterocycles. The van der Waals surface area contributed by atoms with Gasteiger partial charge in [-0.3, -0.25) is 9.78 Å². The fourth-order valence-corrected chi connectivity index (χ4v) is 4.67. The van der Waals surface area contributed by atoms with Crippen LogP contribution in [0.5, 0.6) is 5.75 Å². The lowest BCUT2D eigenvalue weighted by molar-refractivity contribution is -0.131. The van der Waals surface area contributed by atoms with E-state index in [0.717, 1.165) is 22.5 Å². The van der Waals surface area contributed by atoms with E-state index < -0.39 is 6.10 Å². The van der Waals surface area contributed by atoms with E-state index in [-0.39, 0.29) is 29.4 Å². The number of pyridine rings is 1. The monoisotopic (exact) mass is 468 g/mol. The third-order valence-electron chi connectivity index (χ3n) is 6.52. The first-order valence-electron chi connectivity index (χ1n) is 11.6. The summed E-state index contributed by atoms with van der Waals surface area (Å²) < 4.78 is 13.2. The molecule has 0 radical (unpaired) electrons. The first-order chi connectivity index (χ1) is 17.0. The quantitative estimate of drug-likeness (QED) is 0.336. The summed E-state index contributed by atoms with van der Waals surface area (Å²) >= 11 is 0. The van der Waals surface area contributed by atoms with Crippen molar-refractivity contribution in [2.75, 3.05) is 4.90 Å². The van der Waals surface area contributed by atoms with Crippen LogP contribution < -0.4 is 4.90 Å². The Hall–Kier alpha value is -4.03. The molecule has 0 saturated carbocycles. The van der Waals surface area contributed by atoms with Gasteiger partial charge in [0.15, 0.2) is 0 Å². The van der Waals surface area contributed by atoms with Crippen LogP contribution in [0.2, 0.25) is 0 Å². The molecule has 1 aliphatic rings. The van der Waals surface area contributed by atoms with Crippen LogP contribution in [-0.4, -0.2) is 21.1 Å². The molecule has 3 atom stereocenters. The lowest BCUT2D eigenvalue weighted by atomic mass is 9.80. The van der Waals surface area contributed by atoms with Gasteiger partial charge in [-0.15, -0.1) is 0 Å². The number of aromatic hydroxyl groups is 1. The molecule has 5 rings (SSSR count). The van der Waals surface area contributed by atoms with E-state index in [4.69, 9.17) is 0 Å². The minimum atomic E-state index is -0.782. The lowest BCUT2D eigenvalue weighted by Gasteiger charge is -2.47. The normalized spacial score (nSPS) is 18.2. The number of β-lactam (4-membered cyclic amide) rings is 1. The van der Waals surface area contributed by atoms with Gasteiger partial charge in [0.25, 0.3) is 0 Å². The molecule has 35 heavy (non-hydrogen) atoms. The van der Waals surface area contributed by atoms with E-state index in [1.165, 1.54) is 12.1 Å². The summed E-state index contributed by atoms with van der Waals surface area (Å²) in [5, 5.41) is 20.4. The highest BCUT2D eigenvalue weighted by atomic mass is 19.1. The summed E-state index contributed by atoms with van der Waals surface area (Å²) in [6.07, 6.45) is 1.82. The van der Waals surface area contributed by atoms with Gasteiger partial charge in [-0.2, -0.15) is 0 Å². The Balaban J connectivity index is 1.39. The van der Waals surface area contributed by atoms with Gasteiger partial charge in [0.05, 0.1) is 23.8 Å². The summed E-state index contributed by atoms with van der Waals surface area (Å²) in [7, 11) is 0. The van der Waals surface area contributed by atoms with Crippen molar-refractivity contribution in [1.82, 2.24) is 4.98 Å². The number of phenols is 1. The predicted octanol–water partition coefficient (Wildman–Crippen LogP) is 5.81. The molecule has 4 aromatic rings. The summed E-state index contributed by atoms with van der Waals surface area (Å²) in [4.78, 5) is 19.6. The minimum absolute atomic E-state index is 0.00800. The fourth-order valence-electron chi connectivity index (χ4n) is 4.67. The number of hydrogen-bond acceptors (Lipinski definition) is 4. The zero-order valence-corrected chi connectivity index (χ0v) is 19.0. The molecule has 1 unspecified atom stereocenters. The van der Waals surface area contributed by atoms with Crippen molar-refractivity contribution >= 4 is 11.6 Å². The summed E-state index contributed by atoms with van der Waals surface area (Å²) in [5.74, 6) is -0.504. The maximum absolute atomic E-state index is 13.2. The highest BCUT2D eigenvalue weighted by molar-refractivity contribution is 6.03. The van der Waals surface area contributed by atoms with Crippen LogP contribution in [0.15, 0.2) is 97.2 Å². The van der Waals surface area contributed by atoms with Crippen molar-refractivity contribution < 1.29 is 19.4 Å². The molecule has 1 aromatic heterocycles. The Morgan fingerprint density at radius 1 is 0.914 bits per heavy atom. The Kier molecular flexibility index (Phi) is 6.29. The summed E-state index contributed by atoms with van der Waals surface area (Å²) in [6.45, 7) is 0. The van der Waals surface area contributed by atoms with E-state index in [1.54, 1.807) is 41.4 Å². The van der Waals surface area contributed by atoms with Crippen LogP contribution in [-0.2, 0) is 4.79 Å². The number of carbonyl (C=O) groups excluding carboxylic acids is 1. The van der Waals surface area contributed by atoms with Crippen LogP contribution in [0.1, 0.15) is 36.2 Å². The van der Waals surface area contributed by atoms with Crippen molar-refractivity contribution in [2.24, 2.45) is 5.92 Å². The number of anilines is 1. The minimum Gasteiger partial charge on any atom is -0.508 e. The summed E-state index contributed by atoms with van der Waals surface area (Å²) in [6, 6.07) is 25.8. The first-order valence-corrected chi connectivity index (χ1v) is 11.6. The molecular weight excluding hydrogens is 443 g/mol. The molecule has 0 bridgehead atoms. The van der Waals surface area contributed by atoms with Crippen LogP contribution in [0, 0.1) is 11.7 Å². The van der Waals surface area contributed by atoms with Crippen LogP contribution >= 0.6 is 0 Å². The number of aliphatic hydroxyl groups excluding tert-OH is 1. The number of carbonyl (C=O) groups is 1. The maximum Gasteiger partial charge on any atom is 0.233 e. The van der Waals surface area contributed by atoms with Crippen molar-refractivity contribution in [3.8, 4) is 16.9 Å². The Bertz CT molecular complexity index is 1310. The second-order valence-corrected chi connectivity index (χ2v) is 8.76. The molecule has 1 amide bonds. The van der Waals surface area contributed by atoms with Gasteiger partial charge in [0.1, 0.15) is 11.6 Å². The number of aliphatic hydroxyl groups is 1. The number of benzene rings is 3. The lowest BCUT2D eigenvalue weighted by Crippen LogP contribution is -2.55. The molecular formula is C29H25FN2O3. The second kappa shape index (κ2) is 9.68. The molecule has 6 heteroatoms. The zero-order valence-electron chi connectivity index (χ0n) is 19.0. The van der Waals surface area contributed by atoms with E-state index in [9.17, 15) is 19.4 Å². The van der Waals surface area contributed by atoms with Gasteiger partial charge >= 0.3 is 0 Å². The van der Waals surface area contributed by atoms with Gasteiger partial charge in [-0.25, -0.2) is 4.39 Å². The zero-order chi connectivity index (χ0) is 24.4. The molecule has 1 fully saturated rings. The number of para-hydroxylation sites is 1. The van der Waals surface area contributed by atoms with Crippen molar-refractivity contribution in [3.63, 3.8) is 0 Å². The van der Waals surface area contributed by atoms with Gasteiger partial charge in [0, 0.05) is 17.4 Å². The third-order valence-corrected chi connectivity index (χ3v) is 6.52. The van der Waals surface area contributed by atoms with Gasteiger partial charge in [-0.1, -0.05) is 48.5 Å². The molecule has 5 nitrogen and oxygen atoms in total. The van der Waals surface area contributed by atoms with E-state index in [1.807, 2.05) is 48.5 Å². The van der Waals surface area contributed by atoms with Crippen molar-refractivity contribution in [1.29, 1.82) is 0 Å². The second-order valence-electron chi connectivity index (χ2n) is 8.76. The largest absolute Gasteiger partial charge is 0.508 e. The Morgan fingerprint density at radius 3 is 2.37 bits per heavy atom. The molecule has 3 aromatic carbocycles. The average molecular weight is 469 g/mol. The fraction of sp³-hybridized carbons (Fsp3) is 0.172. The third kappa shape index (κ3) is 4.66. The number of amides is 1. The van der Waals surface area contributed by atoms with E-state index in [0.29, 0.717) is 18.4 Å². The number of halogens is 1. The standard InChI is InChI=1S/C29H25FN2O3/c30-22-12-9-19(10-13-22)27(34)16-14-25-28(32(29(25)35)23-6-2-1-3-7-23)26-15-11-21(18-31-26)20-5-4-8-24(33)17-20/h1-13,15,17-18,25,27-28,33-34H,14,16H2/t25?,27-,28-/m0/s1. The Labute approximate surface area is 203 Å². The summed E-state index contributed by atoms with van der Waals surface area (Å²) in [5.41, 5.74) is 3.91. The number of rotatable bonds is 7. The van der Waals surface area contributed by atoms with Gasteiger partial charge in [0.2, 0.25) is 5.91 Å². The first kappa shape index (κ1) is 22.7. The number of nitrogens with zero attached hydrogens (tertiary/aromatic N) is 2. The Morgan fingerprint density at radius 2 is 1.69 bits per heavy atom. The molecule has 2 heterocycles. The molecule has 176 valence electrons. The van der Waals surface area contributed by atoms with Crippen LogP contribution in [0.3, 0.4) is 0 Å². The van der Waals surface area contributed by atoms with Crippen LogP contribution in [0.25, 0.3) is 11.1 Å². The predicted molar refractivity (Wildman–Crippen MR) is 132 cm³/mol. The topological polar surface area (TPSA) is 73.7 Å². The highest BCUT2D eigenvalue weighted by Gasteiger charge is 2.49. The maximum atomic E-state index is 13.2. The number of aromatic nitrogens is 1. The van der Waals surface area contributed by atoms with Gasteiger partial charge < -0.3 is 15.1 Å². The number of hydrogen-bond donors (Lipinski definition) is 2. The smallest absolute Gasteiger partial charge is 0.233 e. The molecule has 0 aliphatic carbocycles. The van der Waals surface area contributed by atoms with Crippen LogP contribution in [0.4, 0.5) is 10.1 Å². The van der Waals surface area contributed by atoms with E-state index in [2.05, 4.69) is 4.98 Å². The van der Waals surface area contributed by atoms with Crippen molar-refractivity contribution in [2.45, 2.75) is 25.0 Å². The molecule has 1 saturated heterocycles. The molecule has 2 N–H and O–H groups in total. The van der Waals surface area contributed by atoms with E-state index >= 15 is 0 Å². The van der Waals surface area contributed by atoms with Gasteiger partial charge in [-0.05, 0) is 66.4 Å². The molecule has 0 spiro atoms. The average Bonchev–Trinajstić information content (AvgIpc) is 2.88. The number of phenolic OH excluding ortho intramolecular Hbond substituents is 1. The SMILES string of the molecule is O=C1C(CC[C@H](O)c2ccc(F)cc2)[C@@H](c2ccc(-c3cccc(O)c3)cn2)N1c1ccccc1.